The first-order valence-electron chi connectivity index (χ1n) is 7.97. The average Bonchev–Trinajstić information content (AvgIpc) is 2.53. The number of amides is 1. The Balaban J connectivity index is 1.55. The van der Waals surface area contributed by atoms with Crippen molar-refractivity contribution in [2.24, 2.45) is 0 Å². The van der Waals surface area contributed by atoms with Crippen LogP contribution in [0.25, 0.3) is 0 Å². The average molecular weight is 288 g/mol. The fourth-order valence-electron chi connectivity index (χ4n) is 3.40. The molecule has 0 bridgehead atoms. The maximum atomic E-state index is 12.3. The Bertz CT molecular complexity index is 509. The normalized spacial score (nSPS) is 24.1. The summed E-state index contributed by atoms with van der Waals surface area (Å²) in [5.41, 5.74) is 1.82. The fraction of sp³-hybridized carbons (Fsp3) is 0.588. The lowest BCUT2D eigenvalue weighted by Gasteiger charge is -2.33. The van der Waals surface area contributed by atoms with Crippen LogP contribution in [0.15, 0.2) is 24.3 Å². The molecule has 1 fully saturated rings. The molecule has 1 amide bonds. The van der Waals surface area contributed by atoms with Crippen LogP contribution >= 0.6 is 0 Å². The molecule has 0 saturated heterocycles. The van der Waals surface area contributed by atoms with Gasteiger partial charge >= 0.3 is 0 Å². The van der Waals surface area contributed by atoms with Crippen LogP contribution < -0.4 is 10.6 Å². The van der Waals surface area contributed by atoms with E-state index in [4.69, 9.17) is 0 Å². The molecule has 21 heavy (non-hydrogen) atoms. The van der Waals surface area contributed by atoms with Crippen molar-refractivity contribution in [3.63, 3.8) is 0 Å². The summed E-state index contributed by atoms with van der Waals surface area (Å²) in [7, 11) is 0. The Hall–Kier alpha value is -1.39. The topological polar surface area (TPSA) is 61.4 Å². The smallest absolute Gasteiger partial charge is 0.237 e. The van der Waals surface area contributed by atoms with Gasteiger partial charge in [-0.05, 0) is 30.4 Å². The SMILES string of the molecule is O=C(NCC1(O)CCCCC1)[C@H]1Cc2ccccc2CN1. The summed E-state index contributed by atoms with van der Waals surface area (Å²) >= 11 is 0. The molecule has 1 aromatic carbocycles. The molecule has 3 N–H and O–H groups in total. The second-order valence-corrected chi connectivity index (χ2v) is 6.41. The Morgan fingerprint density at radius 3 is 2.71 bits per heavy atom. The maximum Gasteiger partial charge on any atom is 0.237 e. The third kappa shape index (κ3) is 3.44. The summed E-state index contributed by atoms with van der Waals surface area (Å²) < 4.78 is 0. The zero-order valence-corrected chi connectivity index (χ0v) is 12.4. The number of hydrogen-bond donors (Lipinski definition) is 3. The van der Waals surface area contributed by atoms with Gasteiger partial charge in [0.1, 0.15) is 0 Å². The number of benzene rings is 1. The van der Waals surface area contributed by atoms with E-state index in [1.54, 1.807) is 0 Å². The molecule has 1 heterocycles. The molecule has 3 rings (SSSR count). The molecular weight excluding hydrogens is 264 g/mol. The lowest BCUT2D eigenvalue weighted by atomic mass is 9.85. The van der Waals surface area contributed by atoms with E-state index < -0.39 is 5.60 Å². The van der Waals surface area contributed by atoms with Gasteiger partial charge in [-0.3, -0.25) is 4.79 Å². The molecular formula is C17H24N2O2. The van der Waals surface area contributed by atoms with Gasteiger partial charge in [0, 0.05) is 13.1 Å². The van der Waals surface area contributed by atoms with Gasteiger partial charge in [-0.2, -0.15) is 0 Å². The van der Waals surface area contributed by atoms with Crippen molar-refractivity contribution >= 4 is 5.91 Å². The number of nitrogens with one attached hydrogen (secondary N) is 2. The van der Waals surface area contributed by atoms with E-state index in [1.807, 2.05) is 12.1 Å². The largest absolute Gasteiger partial charge is 0.388 e. The minimum atomic E-state index is -0.694. The molecule has 1 saturated carbocycles. The summed E-state index contributed by atoms with van der Waals surface area (Å²) in [5, 5.41) is 16.7. The third-order valence-electron chi connectivity index (χ3n) is 4.77. The Morgan fingerprint density at radius 2 is 1.95 bits per heavy atom. The van der Waals surface area contributed by atoms with Crippen molar-refractivity contribution in [1.82, 2.24) is 10.6 Å². The quantitative estimate of drug-likeness (QED) is 0.790. The summed E-state index contributed by atoms with van der Waals surface area (Å²) in [6.45, 7) is 1.12. The highest BCUT2D eigenvalue weighted by Crippen LogP contribution is 2.27. The summed E-state index contributed by atoms with van der Waals surface area (Å²) in [6.07, 6.45) is 5.63. The molecule has 1 aromatic rings. The zero-order valence-electron chi connectivity index (χ0n) is 12.4. The Labute approximate surface area is 125 Å². The van der Waals surface area contributed by atoms with Gasteiger partial charge in [0.15, 0.2) is 0 Å². The molecule has 1 aliphatic heterocycles. The fourth-order valence-corrected chi connectivity index (χ4v) is 3.40. The molecule has 2 aliphatic rings. The first-order chi connectivity index (χ1) is 10.2. The highest BCUT2D eigenvalue weighted by atomic mass is 16.3. The van der Waals surface area contributed by atoms with Gasteiger partial charge in [-0.25, -0.2) is 0 Å². The van der Waals surface area contributed by atoms with Gasteiger partial charge in [-0.1, -0.05) is 43.5 Å². The lowest BCUT2D eigenvalue weighted by molar-refractivity contribution is -0.125. The van der Waals surface area contributed by atoms with Crippen molar-refractivity contribution < 1.29 is 9.90 Å². The summed E-state index contributed by atoms with van der Waals surface area (Å²) in [5.74, 6) is 0.00324. The number of aliphatic hydroxyl groups is 1. The number of carbonyl (C=O) groups is 1. The van der Waals surface area contributed by atoms with E-state index in [1.165, 1.54) is 17.5 Å². The third-order valence-corrected chi connectivity index (χ3v) is 4.77. The number of rotatable bonds is 3. The molecule has 1 aliphatic carbocycles. The molecule has 0 unspecified atom stereocenters. The number of carbonyl (C=O) groups excluding carboxylic acids is 1. The summed E-state index contributed by atoms with van der Waals surface area (Å²) in [4.78, 5) is 12.3. The van der Waals surface area contributed by atoms with Gasteiger partial charge in [0.2, 0.25) is 5.91 Å². The molecule has 0 radical (unpaired) electrons. The predicted molar refractivity (Wildman–Crippen MR) is 81.8 cm³/mol. The van der Waals surface area contributed by atoms with Crippen LogP contribution in [0.2, 0.25) is 0 Å². The van der Waals surface area contributed by atoms with E-state index >= 15 is 0 Å². The highest BCUT2D eigenvalue weighted by Gasteiger charge is 2.31. The first-order valence-corrected chi connectivity index (χ1v) is 7.97. The molecule has 114 valence electrons. The zero-order chi connectivity index (χ0) is 14.7. The number of hydrogen-bond acceptors (Lipinski definition) is 3. The molecule has 4 nitrogen and oxygen atoms in total. The molecule has 0 aromatic heterocycles. The van der Waals surface area contributed by atoms with E-state index in [9.17, 15) is 9.90 Å². The van der Waals surface area contributed by atoms with Crippen LogP contribution in [0.1, 0.15) is 43.2 Å². The van der Waals surface area contributed by atoms with Crippen LogP contribution in [-0.4, -0.2) is 29.2 Å². The minimum Gasteiger partial charge on any atom is -0.388 e. The van der Waals surface area contributed by atoms with Gasteiger partial charge < -0.3 is 15.7 Å². The van der Waals surface area contributed by atoms with Crippen LogP contribution in [-0.2, 0) is 17.8 Å². The van der Waals surface area contributed by atoms with E-state index in [0.717, 1.165) is 38.6 Å². The van der Waals surface area contributed by atoms with Crippen LogP contribution in [0.5, 0.6) is 0 Å². The van der Waals surface area contributed by atoms with Crippen molar-refractivity contribution in [2.45, 2.75) is 56.7 Å². The van der Waals surface area contributed by atoms with Gasteiger partial charge in [-0.15, -0.1) is 0 Å². The standard InChI is InChI=1S/C17H24N2O2/c20-16(19-12-17(21)8-4-1-5-9-17)15-10-13-6-2-3-7-14(13)11-18-15/h2-3,6-7,15,18,21H,1,4-5,8-12H2,(H,19,20)/t15-/m1/s1. The van der Waals surface area contributed by atoms with Gasteiger partial charge in [0.25, 0.3) is 0 Å². The predicted octanol–water partition coefficient (Wildman–Crippen LogP) is 1.51. The van der Waals surface area contributed by atoms with E-state index in [0.29, 0.717) is 6.54 Å². The second-order valence-electron chi connectivity index (χ2n) is 6.41. The molecule has 4 heteroatoms. The number of fused-ring (bicyclic) bond motifs is 1. The van der Waals surface area contributed by atoms with Crippen molar-refractivity contribution in [3.05, 3.63) is 35.4 Å². The molecule has 0 spiro atoms. The molecule has 1 atom stereocenters. The highest BCUT2D eigenvalue weighted by molar-refractivity contribution is 5.82. The lowest BCUT2D eigenvalue weighted by Crippen LogP contribution is -2.52. The Morgan fingerprint density at radius 1 is 1.24 bits per heavy atom. The Kier molecular flexibility index (Phi) is 4.27. The van der Waals surface area contributed by atoms with Crippen LogP contribution in [0.3, 0.4) is 0 Å². The monoisotopic (exact) mass is 288 g/mol. The van der Waals surface area contributed by atoms with Gasteiger partial charge in [0.05, 0.1) is 11.6 Å². The van der Waals surface area contributed by atoms with E-state index in [2.05, 4.69) is 22.8 Å². The van der Waals surface area contributed by atoms with Crippen LogP contribution in [0.4, 0.5) is 0 Å². The van der Waals surface area contributed by atoms with Crippen molar-refractivity contribution in [2.75, 3.05) is 6.54 Å². The first kappa shape index (κ1) is 14.5. The van der Waals surface area contributed by atoms with Crippen molar-refractivity contribution in [3.8, 4) is 0 Å². The van der Waals surface area contributed by atoms with Crippen LogP contribution in [0, 0.1) is 0 Å². The summed E-state index contributed by atoms with van der Waals surface area (Å²) in [6, 6.07) is 8.04. The second kappa shape index (κ2) is 6.16. The maximum absolute atomic E-state index is 12.3. The van der Waals surface area contributed by atoms with E-state index in [-0.39, 0.29) is 11.9 Å². The van der Waals surface area contributed by atoms with Crippen molar-refractivity contribution in [1.29, 1.82) is 0 Å². The minimum absolute atomic E-state index is 0.00324.